The van der Waals surface area contributed by atoms with E-state index in [4.69, 9.17) is 10.8 Å². The van der Waals surface area contributed by atoms with E-state index in [1.54, 1.807) is 6.08 Å². The maximum absolute atomic E-state index is 11.2. The van der Waals surface area contributed by atoms with Gasteiger partial charge in [-0.3, -0.25) is 0 Å². The van der Waals surface area contributed by atoms with Gasteiger partial charge >= 0.3 is 5.97 Å². The second-order valence-electron chi connectivity index (χ2n) is 6.47. The van der Waals surface area contributed by atoms with Gasteiger partial charge < -0.3 is 16.2 Å². The van der Waals surface area contributed by atoms with Crippen LogP contribution >= 0.6 is 15.9 Å². The largest absolute Gasteiger partial charge is 0.478 e. The molecule has 0 aliphatic heterocycles. The van der Waals surface area contributed by atoms with Crippen molar-refractivity contribution in [2.45, 2.75) is 51.0 Å². The molecular weight excluding hydrogens is 394 g/mol. The molecule has 1 saturated carbocycles. The van der Waals surface area contributed by atoms with Crippen molar-refractivity contribution in [2.24, 2.45) is 5.73 Å². The topological polar surface area (TPSA) is 99.1 Å². The van der Waals surface area contributed by atoms with Crippen molar-refractivity contribution in [3.63, 3.8) is 0 Å². The van der Waals surface area contributed by atoms with Gasteiger partial charge in [0.1, 0.15) is 6.07 Å². The van der Waals surface area contributed by atoms with Crippen LogP contribution < -0.4 is 11.1 Å². The Morgan fingerprint density at radius 3 is 2.62 bits per heavy atom. The number of nitrogens with zero attached hydrogens (tertiary/aromatic N) is 1. The summed E-state index contributed by atoms with van der Waals surface area (Å²) in [6.45, 7) is 0. The standard InChI is InChI=1S/C20H24BrN3O2/c21-18-12-14(7-8-15(9-10-22)20(25)26)11-16(13-23)19(18)24-17-5-3-1-2-4-6-17/h8-12,17,24H,1-7,22H2,(H,25,26)/b10-9-,15-8+. The Morgan fingerprint density at radius 1 is 1.35 bits per heavy atom. The lowest BCUT2D eigenvalue weighted by Gasteiger charge is -2.20. The van der Waals surface area contributed by atoms with E-state index in [0.717, 1.165) is 28.6 Å². The Hall–Kier alpha value is -2.26. The number of allylic oxidation sites excluding steroid dienone is 1. The Labute approximate surface area is 162 Å². The normalized spacial score (nSPS) is 16.2. The van der Waals surface area contributed by atoms with Crippen molar-refractivity contribution in [3.05, 3.63) is 51.7 Å². The molecule has 0 spiro atoms. The van der Waals surface area contributed by atoms with Gasteiger partial charge in [0.15, 0.2) is 0 Å². The third-order valence-corrected chi connectivity index (χ3v) is 5.18. The molecular formula is C20H24BrN3O2. The smallest absolute Gasteiger partial charge is 0.335 e. The number of hydrogen-bond acceptors (Lipinski definition) is 4. The Bertz CT molecular complexity index is 742. The van der Waals surface area contributed by atoms with E-state index in [2.05, 4.69) is 27.3 Å². The highest BCUT2D eigenvalue weighted by Gasteiger charge is 2.16. The van der Waals surface area contributed by atoms with Crippen LogP contribution in [-0.4, -0.2) is 17.1 Å². The molecule has 1 aromatic rings. The molecule has 5 nitrogen and oxygen atoms in total. The molecule has 0 bridgehead atoms. The number of nitriles is 1. The third-order valence-electron chi connectivity index (χ3n) is 4.55. The molecule has 0 radical (unpaired) electrons. The van der Waals surface area contributed by atoms with Crippen LogP contribution in [0.3, 0.4) is 0 Å². The maximum Gasteiger partial charge on any atom is 0.335 e. The molecule has 0 heterocycles. The van der Waals surface area contributed by atoms with Crippen LogP contribution in [-0.2, 0) is 11.2 Å². The summed E-state index contributed by atoms with van der Waals surface area (Å²) in [6, 6.07) is 6.39. The van der Waals surface area contributed by atoms with Crippen LogP contribution in [0.2, 0.25) is 0 Å². The summed E-state index contributed by atoms with van der Waals surface area (Å²) in [4.78, 5) is 11.2. The molecule has 6 heteroatoms. The summed E-state index contributed by atoms with van der Waals surface area (Å²) in [5, 5.41) is 22.2. The highest BCUT2D eigenvalue weighted by molar-refractivity contribution is 9.10. The number of carboxylic acids is 1. The molecule has 0 aromatic heterocycles. The molecule has 138 valence electrons. The zero-order valence-electron chi connectivity index (χ0n) is 14.7. The third kappa shape index (κ3) is 5.63. The Balaban J connectivity index is 2.21. The number of halogens is 1. The monoisotopic (exact) mass is 417 g/mol. The molecule has 1 fully saturated rings. The molecule has 0 atom stereocenters. The molecule has 1 aromatic carbocycles. The summed E-state index contributed by atoms with van der Waals surface area (Å²) in [7, 11) is 0. The van der Waals surface area contributed by atoms with Gasteiger partial charge in [0, 0.05) is 10.5 Å². The first-order valence-corrected chi connectivity index (χ1v) is 9.65. The van der Waals surface area contributed by atoms with Gasteiger partial charge in [0.2, 0.25) is 0 Å². The van der Waals surface area contributed by atoms with E-state index in [9.17, 15) is 10.1 Å². The van der Waals surface area contributed by atoms with Crippen LogP contribution in [0.4, 0.5) is 5.69 Å². The molecule has 26 heavy (non-hydrogen) atoms. The molecule has 0 amide bonds. The number of anilines is 1. The maximum atomic E-state index is 11.2. The quantitative estimate of drug-likeness (QED) is 0.359. The first kappa shape index (κ1) is 20.1. The highest BCUT2D eigenvalue weighted by Crippen LogP contribution is 2.31. The first-order valence-electron chi connectivity index (χ1n) is 8.86. The molecule has 4 N–H and O–H groups in total. The van der Waals surface area contributed by atoms with Crippen molar-refractivity contribution in [2.75, 3.05) is 5.32 Å². The number of carboxylic acid groups (broad SMARTS) is 1. The second kappa shape index (κ2) is 10.0. The fourth-order valence-electron chi connectivity index (χ4n) is 3.20. The van der Waals surface area contributed by atoms with Crippen LogP contribution in [0.5, 0.6) is 0 Å². The van der Waals surface area contributed by atoms with Gasteiger partial charge in [0.05, 0.1) is 16.8 Å². The van der Waals surface area contributed by atoms with Crippen molar-refractivity contribution in [3.8, 4) is 6.07 Å². The van der Waals surface area contributed by atoms with Crippen molar-refractivity contribution in [1.29, 1.82) is 5.26 Å². The van der Waals surface area contributed by atoms with Crippen LogP contribution in [0.25, 0.3) is 0 Å². The zero-order valence-corrected chi connectivity index (χ0v) is 16.3. The number of carbonyl (C=O) groups is 1. The Kier molecular flexibility index (Phi) is 7.73. The number of rotatable bonds is 6. The van der Waals surface area contributed by atoms with Gasteiger partial charge in [0.25, 0.3) is 0 Å². The number of nitrogens with one attached hydrogen (secondary N) is 1. The first-order chi connectivity index (χ1) is 12.5. The van der Waals surface area contributed by atoms with Crippen molar-refractivity contribution >= 4 is 27.6 Å². The van der Waals surface area contributed by atoms with E-state index in [1.165, 1.54) is 38.0 Å². The number of hydrogen-bond donors (Lipinski definition) is 3. The minimum absolute atomic E-state index is 0.128. The summed E-state index contributed by atoms with van der Waals surface area (Å²) >= 11 is 3.57. The molecule has 2 rings (SSSR count). The van der Waals surface area contributed by atoms with E-state index < -0.39 is 5.97 Å². The SMILES string of the molecule is N#Cc1cc(C/C=C(\C=C/N)C(=O)O)cc(Br)c1NC1CCCCCC1. The van der Waals surface area contributed by atoms with E-state index in [1.807, 2.05) is 12.1 Å². The minimum atomic E-state index is -1.03. The molecule has 1 aliphatic carbocycles. The highest BCUT2D eigenvalue weighted by atomic mass is 79.9. The lowest BCUT2D eigenvalue weighted by atomic mass is 10.0. The van der Waals surface area contributed by atoms with Gasteiger partial charge in [-0.2, -0.15) is 5.26 Å². The Morgan fingerprint density at radius 2 is 2.04 bits per heavy atom. The average molecular weight is 418 g/mol. The van der Waals surface area contributed by atoms with E-state index in [-0.39, 0.29) is 5.57 Å². The van der Waals surface area contributed by atoms with Crippen molar-refractivity contribution in [1.82, 2.24) is 0 Å². The summed E-state index contributed by atoms with van der Waals surface area (Å²) in [5.74, 6) is -1.03. The number of aliphatic carboxylic acids is 1. The zero-order chi connectivity index (χ0) is 18.9. The van der Waals surface area contributed by atoms with Crippen molar-refractivity contribution < 1.29 is 9.90 Å². The van der Waals surface area contributed by atoms with Gasteiger partial charge in [-0.15, -0.1) is 0 Å². The second-order valence-corrected chi connectivity index (χ2v) is 7.33. The van der Waals surface area contributed by atoms with Gasteiger partial charge in [-0.25, -0.2) is 4.79 Å². The van der Waals surface area contributed by atoms with Crippen LogP contribution in [0.1, 0.15) is 49.7 Å². The van der Waals surface area contributed by atoms with E-state index >= 15 is 0 Å². The fraction of sp³-hybridized carbons (Fsp3) is 0.400. The van der Waals surface area contributed by atoms with E-state index in [0.29, 0.717) is 18.0 Å². The molecule has 0 unspecified atom stereocenters. The summed E-state index contributed by atoms with van der Waals surface area (Å²) in [6.07, 6.45) is 11.8. The lowest BCUT2D eigenvalue weighted by molar-refractivity contribution is -0.132. The number of benzene rings is 1. The fourth-order valence-corrected chi connectivity index (χ4v) is 3.82. The van der Waals surface area contributed by atoms with Gasteiger partial charge in [-0.05, 0) is 65.2 Å². The van der Waals surface area contributed by atoms with Crippen LogP contribution in [0.15, 0.2) is 40.5 Å². The summed E-state index contributed by atoms with van der Waals surface area (Å²) in [5.41, 5.74) is 7.67. The van der Waals surface area contributed by atoms with Crippen LogP contribution in [0, 0.1) is 11.3 Å². The molecule has 0 saturated heterocycles. The minimum Gasteiger partial charge on any atom is -0.478 e. The molecule has 1 aliphatic rings. The predicted octanol–water partition coefficient (Wildman–Crippen LogP) is 4.48. The number of nitrogens with two attached hydrogens (primary N) is 1. The summed E-state index contributed by atoms with van der Waals surface area (Å²) < 4.78 is 0.829. The average Bonchev–Trinajstić information content (AvgIpc) is 2.88. The van der Waals surface area contributed by atoms with Gasteiger partial charge in [-0.1, -0.05) is 31.8 Å². The lowest BCUT2D eigenvalue weighted by Crippen LogP contribution is -2.19. The predicted molar refractivity (Wildman–Crippen MR) is 107 cm³/mol.